The van der Waals surface area contributed by atoms with Crippen molar-refractivity contribution < 1.29 is 14.1 Å². The van der Waals surface area contributed by atoms with Crippen LogP contribution in [0.25, 0.3) is 0 Å². The molecule has 0 aliphatic carbocycles. The zero-order chi connectivity index (χ0) is 17.4. The number of benzene rings is 2. The molecule has 4 heteroatoms. The minimum Gasteiger partial charge on any atom is -0.349 e. The number of carbonyl (C=O) groups excluding carboxylic acids is 1. The number of likely N-dealkylation sites (N-methyl/N-ethyl adjacent to an activating group) is 1. The number of carbonyl (C=O) groups is 1. The van der Waals surface area contributed by atoms with Crippen molar-refractivity contribution in [2.24, 2.45) is 0 Å². The summed E-state index contributed by atoms with van der Waals surface area (Å²) in [6, 6.07) is 16.9. The molecule has 0 saturated carbocycles. The fourth-order valence-electron chi connectivity index (χ4n) is 2.71. The fraction of sp³-hybridized carbons (Fsp3) is 0.350. The third-order valence-corrected chi connectivity index (χ3v) is 4.00. The van der Waals surface area contributed by atoms with E-state index >= 15 is 0 Å². The number of quaternary nitrogens is 1. The van der Waals surface area contributed by atoms with Gasteiger partial charge in [-0.2, -0.15) is 0 Å². The monoisotopic (exact) mass is 329 g/mol. The molecule has 1 amide bonds. The van der Waals surface area contributed by atoms with Crippen LogP contribution in [0.4, 0.5) is 4.39 Å². The molecule has 2 N–H and O–H groups in total. The molecule has 2 rings (SSSR count). The van der Waals surface area contributed by atoms with Crippen LogP contribution in [-0.2, 0) is 17.8 Å². The number of amides is 1. The van der Waals surface area contributed by atoms with Gasteiger partial charge in [-0.05, 0) is 37.5 Å². The molecule has 1 unspecified atom stereocenters. The van der Waals surface area contributed by atoms with Crippen LogP contribution in [0.2, 0.25) is 0 Å². The Hall–Kier alpha value is -2.20. The molecule has 0 aromatic heterocycles. The lowest BCUT2D eigenvalue weighted by molar-refractivity contribution is -0.885. The summed E-state index contributed by atoms with van der Waals surface area (Å²) < 4.78 is 12.9. The molecule has 24 heavy (non-hydrogen) atoms. The number of hydrogen-bond acceptors (Lipinski definition) is 1. The highest BCUT2D eigenvalue weighted by molar-refractivity contribution is 5.77. The molecule has 0 aliphatic rings. The number of nitrogens with one attached hydrogen (secondary N) is 2. The van der Waals surface area contributed by atoms with Gasteiger partial charge in [0.15, 0.2) is 6.54 Å². The van der Waals surface area contributed by atoms with Crippen molar-refractivity contribution in [1.29, 1.82) is 0 Å². The first-order valence-electron chi connectivity index (χ1n) is 8.42. The Bertz CT molecular complexity index is 628. The first-order chi connectivity index (χ1) is 11.5. The summed E-state index contributed by atoms with van der Waals surface area (Å²) in [5, 5.41) is 3.06. The highest BCUT2D eigenvalue weighted by Crippen LogP contribution is 2.04. The zero-order valence-corrected chi connectivity index (χ0v) is 14.4. The van der Waals surface area contributed by atoms with Crippen LogP contribution < -0.4 is 10.2 Å². The predicted molar refractivity (Wildman–Crippen MR) is 94.2 cm³/mol. The topological polar surface area (TPSA) is 33.5 Å². The van der Waals surface area contributed by atoms with E-state index in [-0.39, 0.29) is 17.8 Å². The van der Waals surface area contributed by atoms with E-state index in [9.17, 15) is 9.18 Å². The molecular formula is C20H26FN2O+. The normalized spacial score (nSPS) is 13.3. The zero-order valence-electron chi connectivity index (χ0n) is 14.4. The van der Waals surface area contributed by atoms with Gasteiger partial charge in [0.2, 0.25) is 0 Å². The lowest BCUT2D eigenvalue weighted by atomic mass is 10.1. The minimum atomic E-state index is -0.235. The summed E-state index contributed by atoms with van der Waals surface area (Å²) in [5.74, 6) is -0.184. The van der Waals surface area contributed by atoms with Gasteiger partial charge in [0.05, 0.1) is 7.05 Å². The van der Waals surface area contributed by atoms with Crippen LogP contribution in [0.15, 0.2) is 54.6 Å². The summed E-state index contributed by atoms with van der Waals surface area (Å²) >= 11 is 0. The molecule has 128 valence electrons. The van der Waals surface area contributed by atoms with Gasteiger partial charge in [-0.1, -0.05) is 42.5 Å². The van der Waals surface area contributed by atoms with Crippen LogP contribution in [0.1, 0.15) is 24.5 Å². The van der Waals surface area contributed by atoms with E-state index in [2.05, 4.69) is 17.4 Å². The Morgan fingerprint density at radius 3 is 2.42 bits per heavy atom. The number of aryl methyl sites for hydroxylation is 1. The average molecular weight is 329 g/mol. The highest BCUT2D eigenvalue weighted by Gasteiger charge is 2.13. The molecule has 0 bridgehead atoms. The summed E-state index contributed by atoms with van der Waals surface area (Å²) in [6.45, 7) is 3.15. The summed E-state index contributed by atoms with van der Waals surface area (Å²) in [7, 11) is 1.97. The first-order valence-corrected chi connectivity index (χ1v) is 8.42. The van der Waals surface area contributed by atoms with Crippen molar-refractivity contribution in [2.75, 3.05) is 13.6 Å². The summed E-state index contributed by atoms with van der Waals surface area (Å²) in [6.07, 6.45) is 1.88. The van der Waals surface area contributed by atoms with E-state index in [0.29, 0.717) is 13.1 Å². The maximum atomic E-state index is 12.9. The van der Waals surface area contributed by atoms with Gasteiger partial charge in [-0.25, -0.2) is 4.39 Å². The van der Waals surface area contributed by atoms with Crippen molar-refractivity contribution in [3.63, 3.8) is 0 Å². The minimum absolute atomic E-state index is 0.0511. The molecule has 3 nitrogen and oxygen atoms in total. The van der Waals surface area contributed by atoms with E-state index in [0.717, 1.165) is 23.3 Å². The molecule has 0 radical (unpaired) electrons. The molecule has 0 fully saturated rings. The van der Waals surface area contributed by atoms with Crippen molar-refractivity contribution in [1.82, 2.24) is 5.32 Å². The summed E-state index contributed by atoms with van der Waals surface area (Å²) in [5.41, 5.74) is 2.32. The molecule has 2 aromatic rings. The lowest BCUT2D eigenvalue weighted by Crippen LogP contribution is -3.09. The van der Waals surface area contributed by atoms with Crippen molar-refractivity contribution in [2.45, 2.75) is 32.4 Å². The van der Waals surface area contributed by atoms with E-state index in [1.165, 1.54) is 17.7 Å². The fourth-order valence-corrected chi connectivity index (χ4v) is 2.71. The highest BCUT2D eigenvalue weighted by atomic mass is 19.1. The van der Waals surface area contributed by atoms with Crippen molar-refractivity contribution in [3.8, 4) is 0 Å². The van der Waals surface area contributed by atoms with Crippen LogP contribution >= 0.6 is 0 Å². The molecule has 2 aromatic carbocycles. The third kappa shape index (κ3) is 6.50. The van der Waals surface area contributed by atoms with E-state index in [4.69, 9.17) is 0 Å². The van der Waals surface area contributed by atoms with Gasteiger partial charge in [0.25, 0.3) is 5.91 Å². The quantitative estimate of drug-likeness (QED) is 0.763. The summed E-state index contributed by atoms with van der Waals surface area (Å²) in [4.78, 5) is 13.2. The Morgan fingerprint density at radius 2 is 1.75 bits per heavy atom. The SMILES string of the molecule is C[C@H](CCc1ccccc1)NC(=O)C[NH+](C)Cc1ccc(F)cc1. The number of hydrogen-bond donors (Lipinski definition) is 2. The van der Waals surface area contributed by atoms with Gasteiger partial charge >= 0.3 is 0 Å². The van der Waals surface area contributed by atoms with Gasteiger partial charge in [0.1, 0.15) is 12.4 Å². The third-order valence-electron chi connectivity index (χ3n) is 4.00. The second kappa shape index (κ2) is 9.18. The average Bonchev–Trinajstić information content (AvgIpc) is 2.56. The first kappa shape index (κ1) is 18.1. The standard InChI is InChI=1S/C20H25FN2O/c1-16(8-9-17-6-4-3-5-7-17)22-20(24)15-23(2)14-18-10-12-19(21)13-11-18/h3-7,10-13,16H,8-9,14-15H2,1-2H3,(H,22,24)/p+1/t16-/m1/s1. The predicted octanol–water partition coefficient (Wildman–Crippen LogP) is 1.98. The Kier molecular flexibility index (Phi) is 6.94. The van der Waals surface area contributed by atoms with E-state index in [1.807, 2.05) is 32.2 Å². The second-order valence-electron chi connectivity index (χ2n) is 6.43. The van der Waals surface area contributed by atoms with E-state index in [1.54, 1.807) is 12.1 Å². The molecule has 0 aliphatic heterocycles. The molecule has 2 atom stereocenters. The van der Waals surface area contributed by atoms with Crippen molar-refractivity contribution in [3.05, 3.63) is 71.5 Å². The van der Waals surface area contributed by atoms with Gasteiger partial charge in [-0.15, -0.1) is 0 Å². The van der Waals surface area contributed by atoms with Crippen LogP contribution in [0.5, 0.6) is 0 Å². The Morgan fingerprint density at radius 1 is 1.08 bits per heavy atom. The lowest BCUT2D eigenvalue weighted by Gasteiger charge is -2.17. The number of rotatable bonds is 8. The van der Waals surface area contributed by atoms with Crippen LogP contribution in [-0.4, -0.2) is 25.5 Å². The Balaban J connectivity index is 1.70. The van der Waals surface area contributed by atoms with Crippen LogP contribution in [0, 0.1) is 5.82 Å². The Labute approximate surface area is 143 Å². The molecule has 0 saturated heterocycles. The van der Waals surface area contributed by atoms with Crippen LogP contribution in [0.3, 0.4) is 0 Å². The van der Waals surface area contributed by atoms with Gasteiger partial charge < -0.3 is 10.2 Å². The maximum Gasteiger partial charge on any atom is 0.275 e. The van der Waals surface area contributed by atoms with Crippen molar-refractivity contribution >= 4 is 5.91 Å². The van der Waals surface area contributed by atoms with Gasteiger partial charge in [-0.3, -0.25) is 4.79 Å². The molecular weight excluding hydrogens is 303 g/mol. The smallest absolute Gasteiger partial charge is 0.275 e. The van der Waals surface area contributed by atoms with Gasteiger partial charge in [0, 0.05) is 11.6 Å². The molecule has 0 heterocycles. The molecule has 0 spiro atoms. The second-order valence-corrected chi connectivity index (χ2v) is 6.43. The largest absolute Gasteiger partial charge is 0.349 e. The van der Waals surface area contributed by atoms with E-state index < -0.39 is 0 Å². The maximum absolute atomic E-state index is 12.9. The number of halogens is 1.